The minimum Gasteiger partial charge on any atom is -0.494 e. The van der Waals surface area contributed by atoms with Crippen molar-refractivity contribution in [3.8, 4) is 5.75 Å². The van der Waals surface area contributed by atoms with Crippen LogP contribution in [0.4, 0.5) is 0 Å². The Hall–Kier alpha value is -2.14. The van der Waals surface area contributed by atoms with E-state index in [0.29, 0.717) is 11.5 Å². The fourth-order valence-corrected chi connectivity index (χ4v) is 2.90. The van der Waals surface area contributed by atoms with Crippen molar-refractivity contribution < 1.29 is 14.3 Å². The number of thiophene rings is 1. The number of benzene rings is 1. The monoisotopic (exact) mass is 331 g/mol. The summed E-state index contributed by atoms with van der Waals surface area (Å²) in [4.78, 5) is 24.6. The van der Waals surface area contributed by atoms with E-state index < -0.39 is 0 Å². The number of ether oxygens (including phenoxy) is 1. The van der Waals surface area contributed by atoms with Crippen LogP contribution in [0.3, 0.4) is 0 Å². The third-order valence-electron chi connectivity index (χ3n) is 3.44. The molecule has 0 radical (unpaired) electrons. The van der Waals surface area contributed by atoms with Gasteiger partial charge < -0.3 is 10.1 Å². The number of hydrogen-bond acceptors (Lipinski definition) is 4. The summed E-state index contributed by atoms with van der Waals surface area (Å²) in [6, 6.07) is 11.2. The van der Waals surface area contributed by atoms with Gasteiger partial charge >= 0.3 is 0 Å². The van der Waals surface area contributed by atoms with Crippen molar-refractivity contribution in [2.24, 2.45) is 0 Å². The lowest BCUT2D eigenvalue weighted by Gasteiger charge is -2.14. The van der Waals surface area contributed by atoms with Crippen molar-refractivity contribution in [2.45, 2.75) is 32.7 Å². The molecule has 1 amide bonds. The maximum Gasteiger partial charge on any atom is 0.220 e. The molecule has 0 spiro atoms. The molecule has 1 aromatic carbocycles. The molecule has 5 heteroatoms. The first-order valence-corrected chi connectivity index (χ1v) is 8.57. The van der Waals surface area contributed by atoms with Gasteiger partial charge in [0, 0.05) is 12.8 Å². The first-order valence-electron chi connectivity index (χ1n) is 7.69. The van der Waals surface area contributed by atoms with Gasteiger partial charge in [-0.15, -0.1) is 11.3 Å². The number of carbonyl (C=O) groups is 2. The van der Waals surface area contributed by atoms with E-state index in [1.165, 1.54) is 11.3 Å². The number of hydrogen-bond donors (Lipinski definition) is 1. The molecule has 0 aliphatic rings. The molecule has 2 rings (SSSR count). The lowest BCUT2D eigenvalue weighted by Crippen LogP contribution is -2.26. The molecular weight excluding hydrogens is 310 g/mol. The largest absolute Gasteiger partial charge is 0.494 e. The van der Waals surface area contributed by atoms with Gasteiger partial charge in [0.15, 0.2) is 5.78 Å². The minimum absolute atomic E-state index is 0.0175. The van der Waals surface area contributed by atoms with Crippen LogP contribution in [0.2, 0.25) is 0 Å². The van der Waals surface area contributed by atoms with Crippen LogP contribution < -0.4 is 10.1 Å². The molecule has 1 aromatic heterocycles. The molecule has 122 valence electrons. The van der Waals surface area contributed by atoms with Crippen LogP contribution in [0.1, 0.15) is 48.0 Å². The van der Waals surface area contributed by atoms with Gasteiger partial charge in [0.05, 0.1) is 17.5 Å². The second-order valence-corrected chi connectivity index (χ2v) is 6.14. The summed E-state index contributed by atoms with van der Waals surface area (Å²) in [6.45, 7) is 4.49. The second kappa shape index (κ2) is 8.48. The Morgan fingerprint density at radius 3 is 2.52 bits per heavy atom. The molecule has 4 nitrogen and oxygen atoms in total. The van der Waals surface area contributed by atoms with Gasteiger partial charge in [-0.2, -0.15) is 0 Å². The van der Waals surface area contributed by atoms with Crippen molar-refractivity contribution in [1.29, 1.82) is 0 Å². The van der Waals surface area contributed by atoms with E-state index in [4.69, 9.17) is 4.74 Å². The van der Waals surface area contributed by atoms with Crippen molar-refractivity contribution in [3.63, 3.8) is 0 Å². The molecule has 0 aliphatic carbocycles. The van der Waals surface area contributed by atoms with Gasteiger partial charge in [-0.05, 0) is 43.0 Å². The van der Waals surface area contributed by atoms with Gasteiger partial charge in [-0.25, -0.2) is 0 Å². The molecular formula is C18H21NO3S. The number of rotatable bonds is 8. The van der Waals surface area contributed by atoms with E-state index in [0.717, 1.165) is 11.3 Å². The predicted octanol–water partition coefficient (Wildman–Crippen LogP) is 3.99. The molecule has 0 saturated heterocycles. The van der Waals surface area contributed by atoms with E-state index in [2.05, 4.69) is 5.32 Å². The van der Waals surface area contributed by atoms with Crippen molar-refractivity contribution in [2.75, 3.05) is 6.61 Å². The van der Waals surface area contributed by atoms with Gasteiger partial charge in [0.1, 0.15) is 5.75 Å². The standard InChI is InChI=1S/C18H21NO3S/c1-3-22-15-8-6-14(7-9-15)13(2)19-18(21)11-10-16(20)17-5-4-12-23-17/h4-9,12-13H,3,10-11H2,1-2H3,(H,19,21). The highest BCUT2D eigenvalue weighted by molar-refractivity contribution is 7.12. The van der Waals surface area contributed by atoms with Crippen molar-refractivity contribution >= 4 is 23.0 Å². The molecule has 2 aromatic rings. The fraction of sp³-hybridized carbons (Fsp3) is 0.333. The van der Waals surface area contributed by atoms with Crippen LogP contribution in [0.5, 0.6) is 5.75 Å². The molecule has 1 N–H and O–H groups in total. The van der Waals surface area contributed by atoms with Crippen LogP contribution >= 0.6 is 11.3 Å². The Kier molecular flexibility index (Phi) is 6.35. The molecule has 0 bridgehead atoms. The summed E-state index contributed by atoms with van der Waals surface area (Å²) in [5.74, 6) is 0.719. The third kappa shape index (κ3) is 5.21. The summed E-state index contributed by atoms with van der Waals surface area (Å²) in [6.07, 6.45) is 0.445. The Labute approximate surface area is 140 Å². The van der Waals surface area contributed by atoms with E-state index in [1.54, 1.807) is 6.07 Å². The summed E-state index contributed by atoms with van der Waals surface area (Å²) in [5, 5.41) is 4.78. The molecule has 0 aliphatic heterocycles. The first kappa shape index (κ1) is 17.2. The average Bonchev–Trinajstić information content (AvgIpc) is 3.08. The maximum absolute atomic E-state index is 12.0. The lowest BCUT2D eigenvalue weighted by molar-refractivity contribution is -0.121. The molecule has 1 atom stereocenters. The number of amides is 1. The SMILES string of the molecule is CCOc1ccc(C(C)NC(=O)CCC(=O)c2cccs2)cc1. The zero-order valence-corrected chi connectivity index (χ0v) is 14.2. The number of ketones is 1. The lowest BCUT2D eigenvalue weighted by atomic mass is 10.1. The van der Waals surface area contributed by atoms with Crippen molar-refractivity contribution in [3.05, 3.63) is 52.2 Å². The average molecular weight is 331 g/mol. The zero-order chi connectivity index (χ0) is 16.7. The van der Waals surface area contributed by atoms with Gasteiger partial charge in [0.25, 0.3) is 0 Å². The van der Waals surface area contributed by atoms with Gasteiger partial charge in [-0.3, -0.25) is 9.59 Å². The Morgan fingerprint density at radius 2 is 1.91 bits per heavy atom. The van der Waals surface area contributed by atoms with Crippen LogP contribution in [0, 0.1) is 0 Å². The van der Waals surface area contributed by atoms with Gasteiger partial charge in [-0.1, -0.05) is 18.2 Å². The normalized spacial score (nSPS) is 11.7. The number of nitrogens with one attached hydrogen (secondary N) is 1. The topological polar surface area (TPSA) is 55.4 Å². The van der Waals surface area contributed by atoms with E-state index in [9.17, 15) is 9.59 Å². The molecule has 23 heavy (non-hydrogen) atoms. The smallest absolute Gasteiger partial charge is 0.220 e. The minimum atomic E-state index is -0.115. The van der Waals surface area contributed by atoms with Crippen molar-refractivity contribution in [1.82, 2.24) is 5.32 Å². The van der Waals surface area contributed by atoms with E-state index in [-0.39, 0.29) is 30.6 Å². The molecule has 1 unspecified atom stereocenters. The van der Waals surface area contributed by atoms with Crippen LogP contribution in [-0.4, -0.2) is 18.3 Å². The highest BCUT2D eigenvalue weighted by atomic mass is 32.1. The zero-order valence-electron chi connectivity index (χ0n) is 13.4. The van der Waals surface area contributed by atoms with Gasteiger partial charge in [0.2, 0.25) is 5.91 Å². The summed E-state index contributed by atoms with van der Waals surface area (Å²) < 4.78 is 5.40. The van der Waals surface area contributed by atoms with Crippen LogP contribution in [0.15, 0.2) is 41.8 Å². The Morgan fingerprint density at radius 1 is 1.17 bits per heavy atom. The third-order valence-corrected chi connectivity index (χ3v) is 4.35. The maximum atomic E-state index is 12.0. The number of carbonyl (C=O) groups excluding carboxylic acids is 2. The Bertz CT molecular complexity index is 635. The molecule has 0 fully saturated rings. The van der Waals surface area contributed by atoms with E-state index >= 15 is 0 Å². The highest BCUT2D eigenvalue weighted by Crippen LogP contribution is 2.18. The quantitative estimate of drug-likeness (QED) is 0.744. The fourth-order valence-electron chi connectivity index (χ4n) is 2.20. The summed E-state index contributed by atoms with van der Waals surface area (Å²) >= 11 is 1.41. The predicted molar refractivity (Wildman–Crippen MR) is 92.1 cm³/mol. The van der Waals surface area contributed by atoms with E-state index in [1.807, 2.05) is 49.6 Å². The second-order valence-electron chi connectivity index (χ2n) is 5.19. The van der Waals surface area contributed by atoms with Crippen LogP contribution in [0.25, 0.3) is 0 Å². The van der Waals surface area contributed by atoms with Crippen LogP contribution in [-0.2, 0) is 4.79 Å². The highest BCUT2D eigenvalue weighted by Gasteiger charge is 2.13. The summed E-state index contributed by atoms with van der Waals surface area (Å²) in [5.41, 5.74) is 1.01. The molecule has 0 saturated carbocycles. The first-order chi connectivity index (χ1) is 11.1. The molecule has 1 heterocycles. The summed E-state index contributed by atoms with van der Waals surface area (Å²) in [7, 11) is 0. The Balaban J connectivity index is 1.81. The number of Topliss-reactive ketones (excluding diaryl/α,β-unsaturated/α-hetero) is 1.